The summed E-state index contributed by atoms with van der Waals surface area (Å²) < 4.78 is 0. The van der Waals surface area contributed by atoms with Crippen LogP contribution in [0.1, 0.15) is 0 Å². The van der Waals surface area contributed by atoms with Crippen LogP contribution in [0.15, 0.2) is 55.6 Å². The van der Waals surface area contributed by atoms with Crippen LogP contribution in [0.5, 0.6) is 0 Å². The SMILES string of the molecule is C=CCN(CC=C)c1ccccc1.[Cl-].[Cl-].[Pt+2]. The Balaban J connectivity index is -0.000000563. The van der Waals surface area contributed by atoms with Crippen LogP contribution < -0.4 is 29.7 Å². The molecular weight excluding hydrogens is 424 g/mol. The van der Waals surface area contributed by atoms with Crippen molar-refractivity contribution in [1.82, 2.24) is 0 Å². The number of hydrogen-bond donors (Lipinski definition) is 0. The Kier molecular flexibility index (Phi) is 16.9. The molecule has 4 heteroatoms. The van der Waals surface area contributed by atoms with E-state index in [1.54, 1.807) is 0 Å². The number of rotatable bonds is 5. The predicted octanol–water partition coefficient (Wildman–Crippen LogP) is -3.13. The second kappa shape index (κ2) is 12.8. The van der Waals surface area contributed by atoms with E-state index in [1.165, 1.54) is 5.69 Å². The first-order chi connectivity index (χ1) is 6.38. The molecular formula is C12H15Cl2NPt. The molecule has 0 aliphatic heterocycles. The quantitative estimate of drug-likeness (QED) is 0.439. The molecule has 0 aliphatic carbocycles. The molecule has 0 radical (unpaired) electrons. The molecule has 0 atom stereocenters. The van der Waals surface area contributed by atoms with Gasteiger partial charge in [0, 0.05) is 18.8 Å². The molecule has 92 valence electrons. The molecule has 0 aromatic heterocycles. The van der Waals surface area contributed by atoms with Gasteiger partial charge in [0.25, 0.3) is 0 Å². The summed E-state index contributed by atoms with van der Waals surface area (Å²) in [5, 5.41) is 0. The van der Waals surface area contributed by atoms with Gasteiger partial charge in [0.1, 0.15) is 0 Å². The maximum atomic E-state index is 3.73. The van der Waals surface area contributed by atoms with E-state index in [9.17, 15) is 0 Å². The molecule has 0 heterocycles. The fraction of sp³-hybridized carbons (Fsp3) is 0.167. The molecule has 0 bridgehead atoms. The summed E-state index contributed by atoms with van der Waals surface area (Å²) in [6.07, 6.45) is 3.80. The minimum Gasteiger partial charge on any atom is -1.00 e. The second-order valence-electron chi connectivity index (χ2n) is 2.82. The average molecular weight is 439 g/mol. The van der Waals surface area contributed by atoms with Crippen molar-refractivity contribution in [2.24, 2.45) is 0 Å². The summed E-state index contributed by atoms with van der Waals surface area (Å²) in [5.41, 5.74) is 1.21. The molecule has 0 N–H and O–H groups in total. The summed E-state index contributed by atoms with van der Waals surface area (Å²) >= 11 is 0. The van der Waals surface area contributed by atoms with Crippen molar-refractivity contribution in [3.8, 4) is 0 Å². The Morgan fingerprint density at radius 1 is 0.938 bits per heavy atom. The van der Waals surface area contributed by atoms with Crippen LogP contribution in [0.2, 0.25) is 0 Å². The molecule has 1 rings (SSSR count). The third kappa shape index (κ3) is 7.11. The van der Waals surface area contributed by atoms with Crippen LogP contribution in [-0.2, 0) is 21.1 Å². The maximum absolute atomic E-state index is 3.73. The zero-order valence-corrected chi connectivity index (χ0v) is 12.7. The molecule has 1 aromatic rings. The molecule has 1 aromatic carbocycles. The van der Waals surface area contributed by atoms with Gasteiger partial charge in [-0.3, -0.25) is 0 Å². The van der Waals surface area contributed by atoms with Gasteiger partial charge in [-0.15, -0.1) is 13.2 Å². The fourth-order valence-corrected chi connectivity index (χ4v) is 1.24. The Morgan fingerprint density at radius 2 is 1.38 bits per heavy atom. The van der Waals surface area contributed by atoms with Gasteiger partial charge in [-0.1, -0.05) is 30.4 Å². The molecule has 0 spiro atoms. The van der Waals surface area contributed by atoms with Crippen molar-refractivity contribution in [2.45, 2.75) is 0 Å². The number of anilines is 1. The number of nitrogens with zero attached hydrogens (tertiary/aromatic N) is 1. The Morgan fingerprint density at radius 3 is 1.75 bits per heavy atom. The van der Waals surface area contributed by atoms with E-state index in [2.05, 4.69) is 30.2 Å². The minimum absolute atomic E-state index is 0. The second-order valence-corrected chi connectivity index (χ2v) is 2.82. The Labute approximate surface area is 125 Å². The third-order valence-corrected chi connectivity index (χ3v) is 1.82. The van der Waals surface area contributed by atoms with Crippen molar-refractivity contribution in [1.29, 1.82) is 0 Å². The molecule has 1 nitrogen and oxygen atoms in total. The Bertz CT molecular complexity index is 268. The normalized spacial score (nSPS) is 7.50. The largest absolute Gasteiger partial charge is 2.00 e. The van der Waals surface area contributed by atoms with Crippen LogP contribution in [0, 0.1) is 0 Å². The smallest absolute Gasteiger partial charge is 1.00 e. The van der Waals surface area contributed by atoms with Gasteiger partial charge in [0.05, 0.1) is 0 Å². The van der Waals surface area contributed by atoms with Gasteiger partial charge in [0.2, 0.25) is 0 Å². The van der Waals surface area contributed by atoms with Crippen LogP contribution in [0.3, 0.4) is 0 Å². The molecule has 0 aliphatic rings. The summed E-state index contributed by atoms with van der Waals surface area (Å²) in [6.45, 7) is 9.18. The molecule has 0 unspecified atom stereocenters. The van der Waals surface area contributed by atoms with E-state index >= 15 is 0 Å². The van der Waals surface area contributed by atoms with E-state index in [0.29, 0.717) is 0 Å². The van der Waals surface area contributed by atoms with Gasteiger partial charge in [0.15, 0.2) is 0 Å². The van der Waals surface area contributed by atoms with Crippen molar-refractivity contribution >= 4 is 5.69 Å². The zero-order chi connectivity index (χ0) is 9.52. The molecule has 16 heavy (non-hydrogen) atoms. The standard InChI is InChI=1S/C12H15N.2ClH.Pt/c1-3-10-13(11-4-2)12-8-6-5-7-9-12;;;/h3-9H,1-2,10-11H2;2*1H;/q;;;+2/p-2. The van der Waals surface area contributed by atoms with Crippen molar-refractivity contribution in [3.05, 3.63) is 55.6 Å². The fourth-order valence-electron chi connectivity index (χ4n) is 1.24. The summed E-state index contributed by atoms with van der Waals surface area (Å²) in [5.74, 6) is 0. The van der Waals surface area contributed by atoms with Gasteiger partial charge >= 0.3 is 21.1 Å². The minimum atomic E-state index is 0. The van der Waals surface area contributed by atoms with Crippen molar-refractivity contribution < 1.29 is 45.9 Å². The van der Waals surface area contributed by atoms with Gasteiger partial charge < -0.3 is 29.7 Å². The number of hydrogen-bond acceptors (Lipinski definition) is 1. The van der Waals surface area contributed by atoms with E-state index in [0.717, 1.165) is 13.1 Å². The maximum Gasteiger partial charge on any atom is 2.00 e. The van der Waals surface area contributed by atoms with Gasteiger partial charge in [-0.05, 0) is 12.1 Å². The summed E-state index contributed by atoms with van der Waals surface area (Å²) in [4.78, 5) is 2.21. The molecule has 0 saturated heterocycles. The predicted molar refractivity (Wildman–Crippen MR) is 59.0 cm³/mol. The first-order valence-corrected chi connectivity index (χ1v) is 4.40. The summed E-state index contributed by atoms with van der Waals surface area (Å²) in [7, 11) is 0. The molecule has 0 fully saturated rings. The van der Waals surface area contributed by atoms with Crippen molar-refractivity contribution in [3.63, 3.8) is 0 Å². The zero-order valence-electron chi connectivity index (χ0n) is 8.89. The number of benzene rings is 1. The van der Waals surface area contributed by atoms with Crippen LogP contribution in [-0.4, -0.2) is 13.1 Å². The first kappa shape index (κ1) is 21.1. The number of para-hydroxylation sites is 1. The molecule has 0 amide bonds. The van der Waals surface area contributed by atoms with E-state index in [-0.39, 0.29) is 45.9 Å². The van der Waals surface area contributed by atoms with Crippen molar-refractivity contribution in [2.75, 3.05) is 18.0 Å². The van der Waals surface area contributed by atoms with E-state index < -0.39 is 0 Å². The van der Waals surface area contributed by atoms with Gasteiger partial charge in [-0.2, -0.15) is 0 Å². The van der Waals surface area contributed by atoms with Gasteiger partial charge in [-0.25, -0.2) is 0 Å². The monoisotopic (exact) mass is 438 g/mol. The first-order valence-electron chi connectivity index (χ1n) is 4.40. The average Bonchev–Trinajstić information content (AvgIpc) is 2.19. The summed E-state index contributed by atoms with van der Waals surface area (Å²) in [6, 6.07) is 10.3. The Hall–Kier alpha value is -0.232. The van der Waals surface area contributed by atoms with Crippen LogP contribution in [0.25, 0.3) is 0 Å². The number of halogens is 2. The van der Waals surface area contributed by atoms with Crippen LogP contribution >= 0.6 is 0 Å². The van der Waals surface area contributed by atoms with E-state index in [4.69, 9.17) is 0 Å². The van der Waals surface area contributed by atoms with Crippen LogP contribution in [0.4, 0.5) is 5.69 Å². The topological polar surface area (TPSA) is 3.24 Å². The third-order valence-electron chi connectivity index (χ3n) is 1.82. The molecule has 0 saturated carbocycles. The van der Waals surface area contributed by atoms with E-state index in [1.807, 2.05) is 30.4 Å².